The number of hydrogen-bond donors (Lipinski definition) is 2. The van der Waals surface area contributed by atoms with Gasteiger partial charge in [-0.2, -0.15) is 0 Å². The summed E-state index contributed by atoms with van der Waals surface area (Å²) in [6, 6.07) is 15.5. The molecule has 0 radical (unpaired) electrons. The molecule has 5 nitrogen and oxygen atoms in total. The van der Waals surface area contributed by atoms with E-state index in [9.17, 15) is 0 Å². The van der Waals surface area contributed by atoms with E-state index in [1.54, 1.807) is 13.2 Å². The normalized spacial score (nSPS) is 10.8. The Morgan fingerprint density at radius 3 is 2.79 bits per heavy atom. The van der Waals surface area contributed by atoms with Crippen molar-refractivity contribution in [2.24, 2.45) is 0 Å². The van der Waals surface area contributed by atoms with Crippen LogP contribution in [-0.2, 0) is 4.74 Å². The van der Waals surface area contributed by atoms with Gasteiger partial charge in [-0.3, -0.25) is 0 Å². The first-order valence-electron chi connectivity index (χ1n) is 7.51. The van der Waals surface area contributed by atoms with Crippen LogP contribution in [0.15, 0.2) is 53.0 Å². The number of aromatic nitrogens is 1. The first-order valence-corrected chi connectivity index (χ1v) is 8.30. The Morgan fingerprint density at radius 2 is 2.00 bits per heavy atom. The van der Waals surface area contributed by atoms with Crippen molar-refractivity contribution in [2.75, 3.05) is 31.4 Å². The van der Waals surface area contributed by atoms with Crippen molar-refractivity contribution in [3.63, 3.8) is 0 Å². The summed E-state index contributed by atoms with van der Waals surface area (Å²) in [6.07, 6.45) is 0. The van der Waals surface area contributed by atoms with Gasteiger partial charge in [-0.05, 0) is 46.3 Å². The van der Waals surface area contributed by atoms with Gasteiger partial charge in [0.2, 0.25) is 0 Å². The van der Waals surface area contributed by atoms with Gasteiger partial charge in [0, 0.05) is 23.0 Å². The SMILES string of the molecule is COCCOc1ccc(Nc2ccc3cccc(Br)c3n2)c(N)c1. The molecule has 3 N–H and O–H groups in total. The van der Waals surface area contributed by atoms with Gasteiger partial charge in [-0.1, -0.05) is 12.1 Å². The molecular formula is C18H18BrN3O2. The summed E-state index contributed by atoms with van der Waals surface area (Å²) in [7, 11) is 1.64. The second kappa shape index (κ2) is 7.51. The lowest BCUT2D eigenvalue weighted by Crippen LogP contribution is -2.05. The Hall–Kier alpha value is -2.31. The number of rotatable bonds is 6. The van der Waals surface area contributed by atoms with E-state index in [0.29, 0.717) is 24.7 Å². The minimum absolute atomic E-state index is 0.489. The summed E-state index contributed by atoms with van der Waals surface area (Å²) in [5.74, 6) is 1.44. The van der Waals surface area contributed by atoms with Gasteiger partial charge in [-0.25, -0.2) is 4.98 Å². The number of methoxy groups -OCH3 is 1. The van der Waals surface area contributed by atoms with Gasteiger partial charge in [0.25, 0.3) is 0 Å². The number of ether oxygens (including phenoxy) is 2. The van der Waals surface area contributed by atoms with Crippen LogP contribution in [-0.4, -0.2) is 25.3 Å². The summed E-state index contributed by atoms with van der Waals surface area (Å²) in [5.41, 5.74) is 8.39. The zero-order valence-electron chi connectivity index (χ0n) is 13.3. The second-order valence-electron chi connectivity index (χ2n) is 5.22. The van der Waals surface area contributed by atoms with Gasteiger partial charge in [-0.15, -0.1) is 0 Å². The number of benzene rings is 2. The number of para-hydroxylation sites is 1. The minimum Gasteiger partial charge on any atom is -0.491 e. The molecule has 0 bridgehead atoms. The zero-order chi connectivity index (χ0) is 16.9. The summed E-state index contributed by atoms with van der Waals surface area (Å²) in [5, 5.41) is 4.32. The highest BCUT2D eigenvalue weighted by molar-refractivity contribution is 9.10. The smallest absolute Gasteiger partial charge is 0.131 e. The zero-order valence-corrected chi connectivity index (χ0v) is 14.8. The van der Waals surface area contributed by atoms with Crippen LogP contribution in [0, 0.1) is 0 Å². The standard InChI is InChI=1S/C18H18BrN3O2/c1-23-9-10-24-13-6-7-16(15(20)11-13)21-17-8-5-12-3-2-4-14(19)18(12)22-17/h2-8,11H,9-10,20H2,1H3,(H,21,22). The van der Waals surface area contributed by atoms with Crippen LogP contribution in [0.3, 0.4) is 0 Å². The van der Waals surface area contributed by atoms with Crippen molar-refractivity contribution >= 4 is 44.0 Å². The molecule has 24 heavy (non-hydrogen) atoms. The molecule has 3 aromatic rings. The average Bonchev–Trinajstić information content (AvgIpc) is 2.58. The third-order valence-electron chi connectivity index (χ3n) is 3.51. The summed E-state index contributed by atoms with van der Waals surface area (Å²) in [6.45, 7) is 1.03. The number of anilines is 3. The van der Waals surface area contributed by atoms with E-state index >= 15 is 0 Å². The maximum Gasteiger partial charge on any atom is 0.131 e. The van der Waals surface area contributed by atoms with Gasteiger partial charge < -0.3 is 20.5 Å². The number of halogens is 1. The molecule has 0 aliphatic rings. The highest BCUT2D eigenvalue weighted by atomic mass is 79.9. The van der Waals surface area contributed by atoms with Crippen LogP contribution in [0.5, 0.6) is 5.75 Å². The molecule has 124 valence electrons. The fourth-order valence-corrected chi connectivity index (χ4v) is 2.78. The van der Waals surface area contributed by atoms with Crippen LogP contribution in [0.1, 0.15) is 0 Å². The fraction of sp³-hybridized carbons (Fsp3) is 0.167. The third kappa shape index (κ3) is 3.77. The molecule has 0 fully saturated rings. The molecule has 6 heteroatoms. The monoisotopic (exact) mass is 387 g/mol. The van der Waals surface area contributed by atoms with Crippen molar-refractivity contribution in [2.45, 2.75) is 0 Å². The van der Waals surface area contributed by atoms with Gasteiger partial charge in [0.15, 0.2) is 0 Å². The predicted octanol–water partition coefficient (Wildman–Crippen LogP) is 4.35. The fourth-order valence-electron chi connectivity index (χ4n) is 2.31. The number of fused-ring (bicyclic) bond motifs is 1. The Labute approximate surface area is 148 Å². The van der Waals surface area contributed by atoms with Crippen molar-refractivity contribution in [1.82, 2.24) is 4.98 Å². The average molecular weight is 388 g/mol. The molecule has 0 saturated carbocycles. The maximum atomic E-state index is 6.11. The van der Waals surface area contributed by atoms with E-state index in [4.69, 9.17) is 15.2 Å². The van der Waals surface area contributed by atoms with E-state index in [0.717, 1.165) is 26.9 Å². The van der Waals surface area contributed by atoms with Crippen LogP contribution in [0.4, 0.5) is 17.2 Å². The number of nitrogen functional groups attached to an aromatic ring is 1. The molecule has 1 aromatic heterocycles. The van der Waals surface area contributed by atoms with Crippen LogP contribution in [0.2, 0.25) is 0 Å². The molecule has 0 amide bonds. The summed E-state index contributed by atoms with van der Waals surface area (Å²) < 4.78 is 11.5. The molecule has 3 rings (SSSR count). The minimum atomic E-state index is 0.489. The molecule has 0 saturated heterocycles. The molecule has 0 atom stereocenters. The third-order valence-corrected chi connectivity index (χ3v) is 4.15. The lowest BCUT2D eigenvalue weighted by Gasteiger charge is -2.12. The van der Waals surface area contributed by atoms with E-state index in [1.807, 2.05) is 42.5 Å². The van der Waals surface area contributed by atoms with Crippen molar-refractivity contribution in [3.05, 3.63) is 53.0 Å². The number of hydrogen-bond acceptors (Lipinski definition) is 5. The number of nitrogens with two attached hydrogens (primary N) is 1. The van der Waals surface area contributed by atoms with E-state index in [-0.39, 0.29) is 0 Å². The molecule has 0 unspecified atom stereocenters. The molecule has 2 aromatic carbocycles. The highest BCUT2D eigenvalue weighted by Crippen LogP contribution is 2.29. The van der Waals surface area contributed by atoms with Crippen LogP contribution >= 0.6 is 15.9 Å². The summed E-state index contributed by atoms with van der Waals surface area (Å²) in [4.78, 5) is 4.63. The molecule has 0 spiro atoms. The maximum absolute atomic E-state index is 6.11. The Kier molecular flexibility index (Phi) is 5.17. The number of pyridine rings is 1. The second-order valence-corrected chi connectivity index (χ2v) is 6.08. The van der Waals surface area contributed by atoms with Gasteiger partial charge >= 0.3 is 0 Å². The quantitative estimate of drug-likeness (QED) is 0.486. The van der Waals surface area contributed by atoms with Crippen LogP contribution in [0.25, 0.3) is 10.9 Å². The predicted molar refractivity (Wildman–Crippen MR) is 101 cm³/mol. The molecule has 0 aliphatic heterocycles. The lowest BCUT2D eigenvalue weighted by atomic mass is 10.2. The largest absolute Gasteiger partial charge is 0.491 e. The molecule has 0 aliphatic carbocycles. The lowest BCUT2D eigenvalue weighted by molar-refractivity contribution is 0.146. The van der Waals surface area contributed by atoms with E-state index in [1.165, 1.54) is 0 Å². The van der Waals surface area contributed by atoms with Crippen molar-refractivity contribution in [3.8, 4) is 5.75 Å². The van der Waals surface area contributed by atoms with Crippen molar-refractivity contribution < 1.29 is 9.47 Å². The Morgan fingerprint density at radius 1 is 1.12 bits per heavy atom. The highest BCUT2D eigenvalue weighted by Gasteiger charge is 2.06. The molecular weight excluding hydrogens is 370 g/mol. The first kappa shape index (κ1) is 16.5. The van der Waals surface area contributed by atoms with Crippen LogP contribution < -0.4 is 15.8 Å². The topological polar surface area (TPSA) is 69.4 Å². The Balaban J connectivity index is 1.79. The Bertz CT molecular complexity index is 855. The first-order chi connectivity index (χ1) is 11.7. The van der Waals surface area contributed by atoms with Crippen molar-refractivity contribution in [1.29, 1.82) is 0 Å². The summed E-state index contributed by atoms with van der Waals surface area (Å²) >= 11 is 3.53. The number of nitrogens with one attached hydrogen (secondary N) is 1. The van der Waals surface area contributed by atoms with Gasteiger partial charge in [0.05, 0.1) is 23.5 Å². The van der Waals surface area contributed by atoms with E-state index < -0.39 is 0 Å². The van der Waals surface area contributed by atoms with Gasteiger partial charge in [0.1, 0.15) is 18.2 Å². The molecule has 1 heterocycles. The van der Waals surface area contributed by atoms with E-state index in [2.05, 4.69) is 26.2 Å². The number of nitrogens with zero attached hydrogens (tertiary/aromatic N) is 1.